The number of aliphatic carboxylic acids is 1. The molecule has 0 bridgehead atoms. The van der Waals surface area contributed by atoms with E-state index in [0.29, 0.717) is 11.1 Å². The van der Waals surface area contributed by atoms with E-state index in [0.717, 1.165) is 4.90 Å². The van der Waals surface area contributed by atoms with Gasteiger partial charge in [0.15, 0.2) is 6.73 Å². The Balaban J connectivity index is 2.37. The normalized spacial score (nSPS) is 14.4. The lowest BCUT2D eigenvalue weighted by Crippen LogP contribution is -2.35. The van der Waals surface area contributed by atoms with E-state index in [1.165, 1.54) is 18.4 Å². The van der Waals surface area contributed by atoms with Crippen molar-refractivity contribution in [3.8, 4) is 0 Å². The average Bonchev–Trinajstić information content (AvgIpc) is 2.64. The van der Waals surface area contributed by atoms with E-state index in [1.54, 1.807) is 24.3 Å². The van der Waals surface area contributed by atoms with E-state index in [4.69, 9.17) is 9.84 Å². The molecular formula is C14H12NO4. The Bertz CT molecular complexity index is 575. The summed E-state index contributed by atoms with van der Waals surface area (Å²) in [7, 11) is 0. The fourth-order valence-corrected chi connectivity index (χ4v) is 1.69. The quantitative estimate of drug-likeness (QED) is 0.878. The highest BCUT2D eigenvalue weighted by Gasteiger charge is 2.26. The molecule has 5 nitrogen and oxygen atoms in total. The Morgan fingerprint density at radius 2 is 2.05 bits per heavy atom. The summed E-state index contributed by atoms with van der Waals surface area (Å²) in [5.41, 5.74) is 0.747. The highest BCUT2D eigenvalue weighted by Crippen LogP contribution is 2.16. The summed E-state index contributed by atoms with van der Waals surface area (Å²) in [6.45, 7) is 3.61. The second kappa shape index (κ2) is 5.39. The zero-order chi connectivity index (χ0) is 13.8. The molecule has 1 aliphatic heterocycles. The van der Waals surface area contributed by atoms with Crippen molar-refractivity contribution >= 4 is 11.9 Å². The van der Waals surface area contributed by atoms with Crippen LogP contribution in [-0.4, -0.2) is 28.6 Å². The number of allylic oxidation sites excluding steroid dienone is 2. The minimum absolute atomic E-state index is 0.137. The van der Waals surface area contributed by atoms with Gasteiger partial charge in [0.1, 0.15) is 5.70 Å². The molecular weight excluding hydrogens is 246 g/mol. The van der Waals surface area contributed by atoms with Crippen LogP contribution in [0.4, 0.5) is 0 Å². The van der Waals surface area contributed by atoms with Gasteiger partial charge in [-0.25, -0.2) is 4.79 Å². The molecule has 0 aliphatic carbocycles. The van der Waals surface area contributed by atoms with Gasteiger partial charge in [0.25, 0.3) is 5.91 Å². The van der Waals surface area contributed by atoms with Crippen LogP contribution in [0.5, 0.6) is 0 Å². The van der Waals surface area contributed by atoms with E-state index >= 15 is 0 Å². The summed E-state index contributed by atoms with van der Waals surface area (Å²) in [6.07, 6.45) is 4.10. The SMILES string of the molecule is [CH2]c1ccccc1C(=O)N1COC=CC=C1C(=O)O. The van der Waals surface area contributed by atoms with Crippen LogP contribution in [0.1, 0.15) is 15.9 Å². The number of hydrogen-bond donors (Lipinski definition) is 1. The van der Waals surface area contributed by atoms with E-state index in [1.807, 2.05) is 0 Å². The predicted octanol–water partition coefficient (Wildman–Crippen LogP) is 1.78. The third-order valence-corrected chi connectivity index (χ3v) is 2.64. The molecule has 0 spiro atoms. The molecule has 1 aromatic carbocycles. The van der Waals surface area contributed by atoms with Gasteiger partial charge < -0.3 is 9.84 Å². The number of ether oxygens (including phenoxy) is 1. The summed E-state index contributed by atoms with van der Waals surface area (Å²) in [6, 6.07) is 6.74. The average molecular weight is 258 g/mol. The summed E-state index contributed by atoms with van der Waals surface area (Å²) in [5.74, 6) is -1.65. The summed E-state index contributed by atoms with van der Waals surface area (Å²) in [4.78, 5) is 24.6. The smallest absolute Gasteiger partial charge is 0.352 e. The van der Waals surface area contributed by atoms with Gasteiger partial charge in [0.05, 0.1) is 6.26 Å². The maximum atomic E-state index is 12.4. The number of carbonyl (C=O) groups excluding carboxylic acids is 1. The molecule has 1 heterocycles. The number of benzene rings is 1. The molecule has 0 atom stereocenters. The van der Waals surface area contributed by atoms with Crippen LogP contribution in [0, 0.1) is 6.92 Å². The van der Waals surface area contributed by atoms with Crippen molar-refractivity contribution < 1.29 is 19.4 Å². The summed E-state index contributed by atoms with van der Waals surface area (Å²) >= 11 is 0. The zero-order valence-electron chi connectivity index (χ0n) is 10.1. The number of rotatable bonds is 2. The first-order valence-corrected chi connectivity index (χ1v) is 5.56. The van der Waals surface area contributed by atoms with Crippen LogP contribution in [0.2, 0.25) is 0 Å². The standard InChI is InChI=1S/C14H12NO4/c1-10-5-2-3-6-11(10)13(16)15-9-19-8-4-7-12(15)14(17)18/h2-8H,1,9H2,(H,17,18). The molecule has 1 amide bonds. The molecule has 0 unspecified atom stereocenters. The first-order valence-electron chi connectivity index (χ1n) is 5.56. The van der Waals surface area contributed by atoms with Crippen molar-refractivity contribution in [3.63, 3.8) is 0 Å². The van der Waals surface area contributed by atoms with E-state index in [-0.39, 0.29) is 12.4 Å². The first-order chi connectivity index (χ1) is 9.11. The maximum absolute atomic E-state index is 12.4. The van der Waals surface area contributed by atoms with Gasteiger partial charge >= 0.3 is 5.97 Å². The molecule has 0 fully saturated rings. The van der Waals surface area contributed by atoms with Gasteiger partial charge in [-0.1, -0.05) is 18.2 Å². The third-order valence-electron chi connectivity index (χ3n) is 2.64. The number of hydrogen-bond acceptors (Lipinski definition) is 3. The minimum atomic E-state index is -1.19. The fraction of sp³-hybridized carbons (Fsp3) is 0.0714. The molecule has 1 N–H and O–H groups in total. The van der Waals surface area contributed by atoms with Crippen LogP contribution < -0.4 is 0 Å². The molecule has 5 heteroatoms. The van der Waals surface area contributed by atoms with Crippen molar-refractivity contribution in [1.82, 2.24) is 4.90 Å². The largest absolute Gasteiger partial charge is 0.480 e. The Kier molecular flexibility index (Phi) is 3.66. The van der Waals surface area contributed by atoms with Gasteiger partial charge in [0, 0.05) is 5.56 Å². The monoisotopic (exact) mass is 258 g/mol. The number of carbonyl (C=O) groups is 2. The Labute approximate surface area is 110 Å². The van der Waals surface area contributed by atoms with Crippen molar-refractivity contribution in [3.05, 3.63) is 66.4 Å². The van der Waals surface area contributed by atoms with Gasteiger partial charge in [-0.3, -0.25) is 9.69 Å². The molecule has 97 valence electrons. The van der Waals surface area contributed by atoms with Crippen molar-refractivity contribution in [1.29, 1.82) is 0 Å². The lowest BCUT2D eigenvalue weighted by molar-refractivity contribution is -0.134. The Morgan fingerprint density at radius 1 is 1.32 bits per heavy atom. The van der Waals surface area contributed by atoms with Crippen molar-refractivity contribution in [2.45, 2.75) is 0 Å². The second-order valence-corrected chi connectivity index (χ2v) is 3.87. The Morgan fingerprint density at radius 3 is 2.74 bits per heavy atom. The van der Waals surface area contributed by atoms with Gasteiger partial charge in [-0.05, 0) is 30.7 Å². The number of carboxylic acid groups (broad SMARTS) is 1. The molecule has 1 radical (unpaired) electrons. The molecule has 19 heavy (non-hydrogen) atoms. The number of amides is 1. The zero-order valence-corrected chi connectivity index (χ0v) is 10.1. The fourth-order valence-electron chi connectivity index (χ4n) is 1.69. The van der Waals surface area contributed by atoms with Crippen LogP contribution in [-0.2, 0) is 9.53 Å². The predicted molar refractivity (Wildman–Crippen MR) is 67.9 cm³/mol. The summed E-state index contributed by atoms with van der Waals surface area (Å²) < 4.78 is 5.06. The van der Waals surface area contributed by atoms with Crippen LogP contribution in [0.25, 0.3) is 0 Å². The topological polar surface area (TPSA) is 66.8 Å². The Hall–Kier alpha value is -2.56. The highest BCUT2D eigenvalue weighted by atomic mass is 16.5. The van der Waals surface area contributed by atoms with Crippen LogP contribution in [0.3, 0.4) is 0 Å². The van der Waals surface area contributed by atoms with E-state index < -0.39 is 11.9 Å². The van der Waals surface area contributed by atoms with Gasteiger partial charge in [-0.15, -0.1) is 0 Å². The number of carboxylic acids is 1. The first kappa shape index (κ1) is 12.9. The second-order valence-electron chi connectivity index (χ2n) is 3.87. The molecule has 0 saturated heterocycles. The van der Waals surface area contributed by atoms with Gasteiger partial charge in [-0.2, -0.15) is 0 Å². The van der Waals surface area contributed by atoms with E-state index in [9.17, 15) is 9.59 Å². The molecule has 1 aromatic rings. The van der Waals surface area contributed by atoms with Gasteiger partial charge in [0.2, 0.25) is 0 Å². The highest BCUT2D eigenvalue weighted by molar-refractivity contribution is 6.01. The number of nitrogens with zero attached hydrogens (tertiary/aromatic N) is 1. The van der Waals surface area contributed by atoms with Crippen molar-refractivity contribution in [2.75, 3.05) is 6.73 Å². The molecule has 0 saturated carbocycles. The minimum Gasteiger partial charge on any atom is -0.480 e. The lowest BCUT2D eigenvalue weighted by Gasteiger charge is -2.21. The molecule has 2 rings (SSSR count). The van der Waals surface area contributed by atoms with Crippen LogP contribution >= 0.6 is 0 Å². The van der Waals surface area contributed by atoms with Crippen molar-refractivity contribution in [2.24, 2.45) is 0 Å². The van der Waals surface area contributed by atoms with E-state index in [2.05, 4.69) is 6.92 Å². The lowest BCUT2D eigenvalue weighted by atomic mass is 10.1. The summed E-state index contributed by atoms with van der Waals surface area (Å²) in [5, 5.41) is 9.13. The van der Waals surface area contributed by atoms with Crippen LogP contribution in [0.15, 0.2) is 48.4 Å². The third kappa shape index (κ3) is 2.65. The molecule has 0 aromatic heterocycles. The molecule has 1 aliphatic rings. The maximum Gasteiger partial charge on any atom is 0.352 e.